The zero-order valence-corrected chi connectivity index (χ0v) is 17.9. The fourth-order valence-electron chi connectivity index (χ4n) is 3.70. The molecule has 1 aromatic heterocycles. The van der Waals surface area contributed by atoms with Gasteiger partial charge >= 0.3 is 5.97 Å². The van der Waals surface area contributed by atoms with Gasteiger partial charge in [0.05, 0.1) is 12.2 Å². The Kier molecular flexibility index (Phi) is 6.55. The van der Waals surface area contributed by atoms with Crippen LogP contribution in [0, 0.1) is 5.92 Å². The summed E-state index contributed by atoms with van der Waals surface area (Å²) in [6.45, 7) is 8.59. The van der Waals surface area contributed by atoms with Crippen molar-refractivity contribution in [3.05, 3.63) is 51.4 Å². The Bertz CT molecular complexity index is 851. The van der Waals surface area contributed by atoms with E-state index in [1.165, 1.54) is 21.8 Å². The molecule has 1 amide bonds. The number of benzene rings is 1. The van der Waals surface area contributed by atoms with Crippen LogP contribution in [0.15, 0.2) is 24.3 Å². The summed E-state index contributed by atoms with van der Waals surface area (Å²) in [4.78, 5) is 26.6. The molecule has 1 aromatic carbocycles. The van der Waals surface area contributed by atoms with Crippen molar-refractivity contribution in [2.75, 3.05) is 11.9 Å². The highest BCUT2D eigenvalue weighted by Crippen LogP contribution is 2.41. The topological polar surface area (TPSA) is 55.4 Å². The molecular formula is C23H29NO3S. The lowest BCUT2D eigenvalue weighted by molar-refractivity contribution is 0.0526. The monoisotopic (exact) mass is 399 g/mol. The third-order valence-corrected chi connectivity index (χ3v) is 6.66. The molecule has 0 radical (unpaired) electrons. The molecule has 3 rings (SSSR count). The van der Waals surface area contributed by atoms with Crippen LogP contribution in [0.2, 0.25) is 0 Å². The second kappa shape index (κ2) is 8.91. The quantitative estimate of drug-likeness (QED) is 0.623. The lowest BCUT2D eigenvalue weighted by atomic mass is 9.85. The molecule has 0 bridgehead atoms. The van der Waals surface area contributed by atoms with Gasteiger partial charge < -0.3 is 10.1 Å². The highest BCUT2D eigenvalue weighted by molar-refractivity contribution is 7.17. The van der Waals surface area contributed by atoms with Gasteiger partial charge in [0.15, 0.2) is 0 Å². The first-order chi connectivity index (χ1) is 13.4. The summed E-state index contributed by atoms with van der Waals surface area (Å²) in [5.74, 6) is 0.545. The molecule has 1 unspecified atom stereocenters. The molecule has 1 atom stereocenters. The summed E-state index contributed by atoms with van der Waals surface area (Å²) in [7, 11) is 0. The van der Waals surface area contributed by atoms with Gasteiger partial charge in [-0.3, -0.25) is 4.79 Å². The van der Waals surface area contributed by atoms with Crippen LogP contribution in [0.3, 0.4) is 0 Å². The Morgan fingerprint density at radius 3 is 2.54 bits per heavy atom. The molecule has 0 saturated heterocycles. The minimum absolute atomic E-state index is 0.188. The molecule has 2 aromatic rings. The summed E-state index contributed by atoms with van der Waals surface area (Å²) < 4.78 is 5.29. The van der Waals surface area contributed by atoms with Crippen LogP contribution in [0.5, 0.6) is 0 Å². The van der Waals surface area contributed by atoms with E-state index in [4.69, 9.17) is 4.74 Å². The van der Waals surface area contributed by atoms with Gasteiger partial charge in [-0.15, -0.1) is 11.3 Å². The Balaban J connectivity index is 1.89. The maximum Gasteiger partial charge on any atom is 0.341 e. The number of ether oxygens (including phenoxy) is 1. The van der Waals surface area contributed by atoms with E-state index in [2.05, 4.69) is 26.1 Å². The highest BCUT2D eigenvalue weighted by atomic mass is 32.1. The lowest BCUT2D eigenvalue weighted by Gasteiger charge is -2.20. The maximum absolute atomic E-state index is 12.8. The van der Waals surface area contributed by atoms with Crippen molar-refractivity contribution in [2.24, 2.45) is 5.92 Å². The van der Waals surface area contributed by atoms with Crippen LogP contribution in [0.25, 0.3) is 0 Å². The normalized spacial score (nSPS) is 16.0. The molecular weight excluding hydrogens is 370 g/mol. The second-order valence-corrected chi connectivity index (χ2v) is 8.78. The Morgan fingerprint density at radius 1 is 1.21 bits per heavy atom. The highest BCUT2D eigenvalue weighted by Gasteiger charge is 2.30. The molecule has 0 fully saturated rings. The van der Waals surface area contributed by atoms with Gasteiger partial charge in [0, 0.05) is 10.4 Å². The predicted octanol–water partition coefficient (Wildman–Crippen LogP) is 5.82. The molecule has 1 aliphatic rings. The SMILES string of the molecule is CCOC(=O)c1c(NC(=O)c2ccc(C(C)C)cc2)sc2c1CCC(CC)C2. The van der Waals surface area contributed by atoms with Gasteiger partial charge in [-0.05, 0) is 61.3 Å². The first-order valence-electron chi connectivity index (χ1n) is 10.2. The van der Waals surface area contributed by atoms with Crippen molar-refractivity contribution in [1.29, 1.82) is 0 Å². The molecule has 1 N–H and O–H groups in total. The number of thiophene rings is 1. The fraction of sp³-hybridized carbons (Fsp3) is 0.478. The average molecular weight is 400 g/mol. The van der Waals surface area contributed by atoms with Crippen molar-refractivity contribution in [3.8, 4) is 0 Å². The molecule has 5 heteroatoms. The number of hydrogen-bond acceptors (Lipinski definition) is 4. The number of carbonyl (C=O) groups excluding carboxylic acids is 2. The van der Waals surface area contributed by atoms with E-state index < -0.39 is 0 Å². The minimum Gasteiger partial charge on any atom is -0.462 e. The van der Waals surface area contributed by atoms with Crippen molar-refractivity contribution in [3.63, 3.8) is 0 Å². The van der Waals surface area contributed by atoms with E-state index in [0.29, 0.717) is 34.6 Å². The first kappa shape index (κ1) is 20.6. The van der Waals surface area contributed by atoms with Gasteiger partial charge in [0.25, 0.3) is 5.91 Å². The number of carbonyl (C=O) groups is 2. The number of rotatable bonds is 6. The van der Waals surface area contributed by atoms with E-state index in [1.807, 2.05) is 24.3 Å². The molecule has 0 aliphatic heterocycles. The van der Waals surface area contributed by atoms with Crippen LogP contribution in [0.1, 0.15) is 83.2 Å². The molecule has 4 nitrogen and oxygen atoms in total. The zero-order valence-electron chi connectivity index (χ0n) is 17.1. The third kappa shape index (κ3) is 4.30. The van der Waals surface area contributed by atoms with Crippen LogP contribution in [-0.2, 0) is 17.6 Å². The predicted molar refractivity (Wildman–Crippen MR) is 115 cm³/mol. The summed E-state index contributed by atoms with van der Waals surface area (Å²) in [6.07, 6.45) is 4.06. The van der Waals surface area contributed by atoms with Crippen molar-refractivity contribution in [1.82, 2.24) is 0 Å². The van der Waals surface area contributed by atoms with E-state index in [0.717, 1.165) is 31.2 Å². The number of anilines is 1. The standard InChI is InChI=1S/C23H29NO3S/c1-5-15-7-12-18-19(13-15)28-22(20(18)23(26)27-6-2)24-21(25)17-10-8-16(9-11-17)14(3)4/h8-11,14-15H,5-7,12-13H2,1-4H3,(H,24,25). The Hall–Kier alpha value is -2.14. The van der Waals surface area contributed by atoms with Crippen molar-refractivity contribution >= 4 is 28.2 Å². The van der Waals surface area contributed by atoms with E-state index >= 15 is 0 Å². The number of amides is 1. The lowest BCUT2D eigenvalue weighted by Crippen LogP contribution is -2.17. The van der Waals surface area contributed by atoms with E-state index in [1.54, 1.807) is 6.92 Å². The zero-order chi connectivity index (χ0) is 20.3. The number of nitrogens with one attached hydrogen (secondary N) is 1. The number of fused-ring (bicyclic) bond motifs is 1. The fourth-order valence-corrected chi connectivity index (χ4v) is 5.05. The molecule has 28 heavy (non-hydrogen) atoms. The van der Waals surface area contributed by atoms with Crippen LogP contribution < -0.4 is 5.32 Å². The summed E-state index contributed by atoms with van der Waals surface area (Å²) in [6, 6.07) is 7.65. The average Bonchev–Trinajstić information content (AvgIpc) is 3.04. The van der Waals surface area contributed by atoms with Gasteiger partial charge in [-0.25, -0.2) is 4.79 Å². The van der Waals surface area contributed by atoms with Gasteiger partial charge in [0.2, 0.25) is 0 Å². The summed E-state index contributed by atoms with van der Waals surface area (Å²) >= 11 is 1.53. The largest absolute Gasteiger partial charge is 0.462 e. The Morgan fingerprint density at radius 2 is 1.93 bits per heavy atom. The van der Waals surface area contributed by atoms with E-state index in [-0.39, 0.29) is 11.9 Å². The first-order valence-corrected chi connectivity index (χ1v) is 11.0. The number of esters is 1. The molecule has 0 spiro atoms. The van der Waals surface area contributed by atoms with Crippen molar-refractivity contribution < 1.29 is 14.3 Å². The molecule has 1 heterocycles. The van der Waals surface area contributed by atoms with E-state index in [9.17, 15) is 9.59 Å². The van der Waals surface area contributed by atoms with Gasteiger partial charge in [-0.1, -0.05) is 39.3 Å². The van der Waals surface area contributed by atoms with Crippen LogP contribution in [-0.4, -0.2) is 18.5 Å². The third-order valence-electron chi connectivity index (χ3n) is 5.49. The summed E-state index contributed by atoms with van der Waals surface area (Å²) in [5, 5.41) is 3.61. The molecule has 0 saturated carbocycles. The second-order valence-electron chi connectivity index (χ2n) is 7.68. The minimum atomic E-state index is -0.333. The van der Waals surface area contributed by atoms with Gasteiger partial charge in [0.1, 0.15) is 5.00 Å². The Labute approximate surface area is 171 Å². The molecule has 1 aliphatic carbocycles. The van der Waals surface area contributed by atoms with Gasteiger partial charge in [-0.2, -0.15) is 0 Å². The number of hydrogen-bond donors (Lipinski definition) is 1. The maximum atomic E-state index is 12.8. The molecule has 150 valence electrons. The summed E-state index contributed by atoms with van der Waals surface area (Å²) in [5.41, 5.74) is 3.42. The van der Waals surface area contributed by atoms with Crippen LogP contribution >= 0.6 is 11.3 Å². The van der Waals surface area contributed by atoms with Crippen molar-refractivity contribution in [2.45, 2.75) is 59.3 Å². The smallest absolute Gasteiger partial charge is 0.341 e. The van der Waals surface area contributed by atoms with Crippen LogP contribution in [0.4, 0.5) is 5.00 Å².